The topological polar surface area (TPSA) is 46.2 Å². The molecule has 102 valence electrons. The first-order valence-corrected chi connectivity index (χ1v) is 6.74. The molecule has 0 amide bonds. The summed E-state index contributed by atoms with van der Waals surface area (Å²) < 4.78 is 26.3. The Bertz CT molecular complexity index is 181. The van der Waals surface area contributed by atoms with Crippen LogP contribution < -0.4 is 0 Å². The fourth-order valence-corrected chi connectivity index (χ4v) is 1.88. The Hall–Kier alpha value is 0.280. The molecular formula is C11H21BrO5. The SMILES string of the molecule is COCCOCCOCCOC1COCC1Br. The van der Waals surface area contributed by atoms with Gasteiger partial charge < -0.3 is 23.7 Å². The van der Waals surface area contributed by atoms with Gasteiger partial charge in [0.05, 0.1) is 63.8 Å². The van der Waals surface area contributed by atoms with E-state index in [1.807, 2.05) is 0 Å². The Kier molecular flexibility index (Phi) is 9.23. The van der Waals surface area contributed by atoms with Crippen molar-refractivity contribution in [3.05, 3.63) is 0 Å². The summed E-state index contributed by atoms with van der Waals surface area (Å²) in [4.78, 5) is 0.305. The lowest BCUT2D eigenvalue weighted by atomic mass is 10.3. The van der Waals surface area contributed by atoms with Crippen molar-refractivity contribution in [1.82, 2.24) is 0 Å². The molecule has 2 atom stereocenters. The molecule has 1 saturated heterocycles. The van der Waals surface area contributed by atoms with Crippen LogP contribution in [-0.4, -0.2) is 70.9 Å². The van der Waals surface area contributed by atoms with Crippen LogP contribution in [0.3, 0.4) is 0 Å². The van der Waals surface area contributed by atoms with Gasteiger partial charge in [0, 0.05) is 7.11 Å². The molecule has 0 N–H and O–H groups in total. The highest BCUT2D eigenvalue weighted by Gasteiger charge is 2.26. The molecule has 1 rings (SSSR count). The summed E-state index contributed by atoms with van der Waals surface area (Å²) in [6.07, 6.45) is 0.150. The Morgan fingerprint density at radius 3 is 2.24 bits per heavy atom. The van der Waals surface area contributed by atoms with Crippen molar-refractivity contribution in [1.29, 1.82) is 0 Å². The largest absolute Gasteiger partial charge is 0.382 e. The minimum atomic E-state index is 0.150. The average molecular weight is 313 g/mol. The van der Waals surface area contributed by atoms with Gasteiger partial charge in [0.2, 0.25) is 0 Å². The molecule has 0 aromatic heterocycles. The molecule has 0 spiro atoms. The fourth-order valence-electron chi connectivity index (χ4n) is 1.38. The highest BCUT2D eigenvalue weighted by atomic mass is 79.9. The maximum absolute atomic E-state index is 5.60. The zero-order valence-electron chi connectivity index (χ0n) is 10.2. The molecule has 0 aliphatic carbocycles. The highest BCUT2D eigenvalue weighted by Crippen LogP contribution is 2.17. The number of hydrogen-bond donors (Lipinski definition) is 0. The monoisotopic (exact) mass is 312 g/mol. The van der Waals surface area contributed by atoms with Crippen LogP contribution in [0.4, 0.5) is 0 Å². The number of ether oxygens (including phenoxy) is 5. The first-order chi connectivity index (χ1) is 8.34. The predicted molar refractivity (Wildman–Crippen MR) is 66.8 cm³/mol. The van der Waals surface area contributed by atoms with Crippen LogP contribution in [0.1, 0.15) is 0 Å². The van der Waals surface area contributed by atoms with Crippen molar-refractivity contribution in [2.24, 2.45) is 0 Å². The molecule has 1 heterocycles. The Balaban J connectivity index is 1.78. The maximum atomic E-state index is 5.60. The van der Waals surface area contributed by atoms with Gasteiger partial charge in [-0.3, -0.25) is 0 Å². The van der Waals surface area contributed by atoms with E-state index in [1.54, 1.807) is 7.11 Å². The van der Waals surface area contributed by atoms with Crippen molar-refractivity contribution in [2.75, 3.05) is 60.0 Å². The van der Waals surface area contributed by atoms with Gasteiger partial charge in [-0.2, -0.15) is 0 Å². The minimum absolute atomic E-state index is 0.150. The van der Waals surface area contributed by atoms with Crippen LogP contribution in [0.2, 0.25) is 0 Å². The molecule has 2 unspecified atom stereocenters. The van der Waals surface area contributed by atoms with E-state index in [9.17, 15) is 0 Å². The summed E-state index contributed by atoms with van der Waals surface area (Å²) in [5, 5.41) is 0. The van der Waals surface area contributed by atoms with E-state index in [4.69, 9.17) is 23.7 Å². The summed E-state index contributed by atoms with van der Waals surface area (Å²) in [5.41, 5.74) is 0. The third-order valence-corrected chi connectivity index (χ3v) is 3.18. The van der Waals surface area contributed by atoms with Gasteiger partial charge in [0.1, 0.15) is 0 Å². The molecule has 0 radical (unpaired) electrons. The van der Waals surface area contributed by atoms with Gasteiger partial charge in [0.15, 0.2) is 0 Å². The van der Waals surface area contributed by atoms with Crippen LogP contribution in [0.5, 0.6) is 0 Å². The van der Waals surface area contributed by atoms with Crippen molar-refractivity contribution < 1.29 is 23.7 Å². The third kappa shape index (κ3) is 7.33. The molecule has 17 heavy (non-hydrogen) atoms. The maximum Gasteiger partial charge on any atom is 0.0956 e. The van der Waals surface area contributed by atoms with E-state index in [0.29, 0.717) is 51.1 Å². The smallest absolute Gasteiger partial charge is 0.0956 e. The number of methoxy groups -OCH3 is 1. The summed E-state index contributed by atoms with van der Waals surface area (Å²) in [5.74, 6) is 0. The van der Waals surface area contributed by atoms with Gasteiger partial charge in [-0.15, -0.1) is 0 Å². The molecule has 6 heteroatoms. The van der Waals surface area contributed by atoms with Gasteiger partial charge >= 0.3 is 0 Å². The molecule has 0 saturated carbocycles. The predicted octanol–water partition coefficient (Wildman–Crippen LogP) is 0.845. The molecule has 1 aliphatic heterocycles. The van der Waals surface area contributed by atoms with Gasteiger partial charge in [0.25, 0.3) is 0 Å². The lowest BCUT2D eigenvalue weighted by Gasteiger charge is -2.13. The quantitative estimate of drug-likeness (QED) is 0.442. The van der Waals surface area contributed by atoms with Crippen LogP contribution >= 0.6 is 15.9 Å². The summed E-state index contributed by atoms with van der Waals surface area (Å²) in [7, 11) is 1.65. The third-order valence-electron chi connectivity index (χ3n) is 2.33. The first-order valence-electron chi connectivity index (χ1n) is 5.82. The normalized spacial score (nSPS) is 24.4. The molecule has 0 aromatic rings. The second kappa shape index (κ2) is 10.2. The second-order valence-electron chi connectivity index (χ2n) is 3.68. The van der Waals surface area contributed by atoms with E-state index < -0.39 is 0 Å². The number of rotatable bonds is 10. The molecular weight excluding hydrogens is 292 g/mol. The van der Waals surface area contributed by atoms with Crippen LogP contribution in [0, 0.1) is 0 Å². The summed E-state index contributed by atoms with van der Waals surface area (Å²) in [6, 6.07) is 0. The molecule has 0 bridgehead atoms. The van der Waals surface area contributed by atoms with E-state index in [1.165, 1.54) is 0 Å². The van der Waals surface area contributed by atoms with Crippen molar-refractivity contribution in [3.63, 3.8) is 0 Å². The zero-order valence-corrected chi connectivity index (χ0v) is 11.8. The zero-order chi connectivity index (χ0) is 12.3. The van der Waals surface area contributed by atoms with Crippen LogP contribution in [0.15, 0.2) is 0 Å². The van der Waals surface area contributed by atoms with Crippen molar-refractivity contribution in [2.45, 2.75) is 10.9 Å². The second-order valence-corrected chi connectivity index (χ2v) is 4.86. The summed E-state index contributed by atoms with van der Waals surface area (Å²) in [6.45, 7) is 4.98. The van der Waals surface area contributed by atoms with E-state index in [-0.39, 0.29) is 6.10 Å². The van der Waals surface area contributed by atoms with E-state index >= 15 is 0 Å². The lowest BCUT2D eigenvalue weighted by molar-refractivity contribution is -0.0167. The van der Waals surface area contributed by atoms with E-state index in [0.717, 1.165) is 6.61 Å². The van der Waals surface area contributed by atoms with Crippen LogP contribution in [-0.2, 0) is 23.7 Å². The highest BCUT2D eigenvalue weighted by molar-refractivity contribution is 9.09. The number of alkyl halides is 1. The Labute approximate surface area is 111 Å². The molecule has 0 aromatic carbocycles. The Morgan fingerprint density at radius 2 is 1.65 bits per heavy atom. The molecule has 5 nitrogen and oxygen atoms in total. The van der Waals surface area contributed by atoms with Crippen molar-refractivity contribution >= 4 is 15.9 Å². The standard InChI is InChI=1S/C11H21BrO5/c1-13-2-3-14-4-5-15-6-7-17-11-9-16-8-10(11)12/h10-11H,2-9H2,1H3. The average Bonchev–Trinajstić information content (AvgIpc) is 2.73. The molecule has 1 fully saturated rings. The Morgan fingerprint density at radius 1 is 1.00 bits per heavy atom. The lowest BCUT2D eigenvalue weighted by Crippen LogP contribution is -2.24. The molecule has 1 aliphatic rings. The van der Waals surface area contributed by atoms with Gasteiger partial charge in [-0.05, 0) is 0 Å². The van der Waals surface area contributed by atoms with Crippen molar-refractivity contribution in [3.8, 4) is 0 Å². The van der Waals surface area contributed by atoms with Gasteiger partial charge in [-0.1, -0.05) is 15.9 Å². The van der Waals surface area contributed by atoms with Gasteiger partial charge in [-0.25, -0.2) is 0 Å². The summed E-state index contributed by atoms with van der Waals surface area (Å²) >= 11 is 3.50. The van der Waals surface area contributed by atoms with E-state index in [2.05, 4.69) is 15.9 Å². The minimum Gasteiger partial charge on any atom is -0.382 e. The number of hydrogen-bond acceptors (Lipinski definition) is 5. The fraction of sp³-hybridized carbons (Fsp3) is 1.00. The first kappa shape index (κ1) is 15.3. The van der Waals surface area contributed by atoms with Crippen LogP contribution in [0.25, 0.3) is 0 Å². The number of halogens is 1.